The molecule has 0 saturated carbocycles. The van der Waals surface area contributed by atoms with E-state index in [2.05, 4.69) is 76.3 Å². The number of allylic oxidation sites excluding steroid dienone is 8. The molecule has 0 aromatic carbocycles. The predicted octanol–water partition coefficient (Wildman–Crippen LogP) is 22.9. The third kappa shape index (κ3) is 71.4. The van der Waals surface area contributed by atoms with E-state index in [0.29, 0.717) is 25.7 Å². The highest BCUT2D eigenvalue weighted by atomic mass is 31.2. The summed E-state index contributed by atoms with van der Waals surface area (Å²) in [6.07, 6.45) is 69.5. The van der Waals surface area contributed by atoms with Crippen LogP contribution in [0.3, 0.4) is 0 Å². The van der Waals surface area contributed by atoms with Crippen LogP contribution in [-0.2, 0) is 65.4 Å². The molecule has 5 atom stereocenters. The van der Waals surface area contributed by atoms with Gasteiger partial charge in [-0.3, -0.25) is 37.3 Å². The molecule has 0 aromatic rings. The van der Waals surface area contributed by atoms with Crippen LogP contribution in [0.2, 0.25) is 0 Å². The number of hydrogen-bond donors (Lipinski definition) is 3. The Morgan fingerprint density at radius 3 is 0.827 bits per heavy atom. The van der Waals surface area contributed by atoms with Gasteiger partial charge in [-0.2, -0.15) is 0 Å². The average Bonchev–Trinajstić information content (AvgIpc) is 0.973. The highest BCUT2D eigenvalue weighted by Crippen LogP contribution is 2.45. The first-order chi connectivity index (χ1) is 47.7. The molecule has 3 N–H and O–H groups in total. The smallest absolute Gasteiger partial charge is 0.462 e. The van der Waals surface area contributed by atoms with E-state index in [1.807, 2.05) is 0 Å². The first-order valence-electron chi connectivity index (χ1n) is 39.9. The van der Waals surface area contributed by atoms with Crippen LogP contribution in [0.25, 0.3) is 0 Å². The van der Waals surface area contributed by atoms with Crippen molar-refractivity contribution >= 4 is 39.5 Å². The lowest BCUT2D eigenvalue weighted by Crippen LogP contribution is -2.30. The molecule has 19 heteroatoms. The van der Waals surface area contributed by atoms with Crippen LogP contribution in [0.1, 0.15) is 374 Å². The van der Waals surface area contributed by atoms with Gasteiger partial charge < -0.3 is 33.8 Å². The lowest BCUT2D eigenvalue weighted by atomic mass is 10.0. The van der Waals surface area contributed by atoms with Gasteiger partial charge in [0.05, 0.1) is 26.4 Å². The average molecular weight is 1430 g/mol. The van der Waals surface area contributed by atoms with Crippen molar-refractivity contribution in [3.8, 4) is 0 Å². The number of esters is 4. The van der Waals surface area contributed by atoms with Crippen LogP contribution >= 0.6 is 15.6 Å². The Balaban J connectivity index is 5.27. The molecule has 0 aromatic heterocycles. The molecule has 0 amide bonds. The van der Waals surface area contributed by atoms with Crippen molar-refractivity contribution in [1.82, 2.24) is 0 Å². The Morgan fingerprint density at radius 2 is 0.510 bits per heavy atom. The van der Waals surface area contributed by atoms with Crippen molar-refractivity contribution in [1.29, 1.82) is 0 Å². The predicted molar refractivity (Wildman–Crippen MR) is 400 cm³/mol. The fourth-order valence-electron chi connectivity index (χ4n) is 11.2. The van der Waals surface area contributed by atoms with E-state index >= 15 is 0 Å². The number of ether oxygens (including phenoxy) is 4. The second kappa shape index (κ2) is 72.4. The molecule has 0 aliphatic rings. The molecule has 0 fully saturated rings. The topological polar surface area (TPSA) is 237 Å². The number of carbonyl (C=O) groups is 4. The zero-order valence-corrected chi connectivity index (χ0v) is 64.5. The first kappa shape index (κ1) is 95.0. The summed E-state index contributed by atoms with van der Waals surface area (Å²) in [6, 6.07) is 0. The second-order valence-electron chi connectivity index (χ2n) is 27.0. The minimum atomic E-state index is -4.97. The summed E-state index contributed by atoms with van der Waals surface area (Å²) in [7, 11) is -9.93. The van der Waals surface area contributed by atoms with Crippen LogP contribution in [-0.4, -0.2) is 96.7 Å². The molecule has 17 nitrogen and oxygen atoms in total. The van der Waals surface area contributed by atoms with Gasteiger partial charge in [-0.15, -0.1) is 0 Å². The van der Waals surface area contributed by atoms with Gasteiger partial charge in [-0.05, 0) is 83.5 Å². The van der Waals surface area contributed by atoms with Crippen LogP contribution in [0.4, 0.5) is 0 Å². The van der Waals surface area contributed by atoms with E-state index < -0.39 is 97.5 Å². The van der Waals surface area contributed by atoms with E-state index in [-0.39, 0.29) is 25.7 Å². The number of hydrogen-bond acceptors (Lipinski definition) is 15. The third-order valence-electron chi connectivity index (χ3n) is 17.3. The number of aliphatic hydroxyl groups is 1. The fourth-order valence-corrected chi connectivity index (χ4v) is 12.7. The fraction of sp³-hybridized carbons (Fsp3) is 0.848. The van der Waals surface area contributed by atoms with E-state index in [4.69, 9.17) is 37.0 Å². The first-order valence-corrected chi connectivity index (χ1v) is 42.9. The molecule has 0 bridgehead atoms. The standard InChI is InChI=1S/C79H146O17P2/c1-5-9-13-17-21-25-29-32-34-35-36-37-39-42-45-48-52-56-60-64-77(82)90-70-75(96-79(84)66-62-58-54-50-46-40-31-27-23-19-15-11-7-3)72-94-98(87,88)92-68-73(80)67-91-97(85,86)93-71-74(95-78(83)65-61-57-53-49-43-28-24-20-16-12-8-4)69-89-76(81)63-59-55-51-47-44-41-38-33-30-26-22-18-14-10-6-2/h20-21,24-25,32,34,36-37,73-75,80H,5-19,22-23,26-31,33,35,38-72H2,1-4H3,(H,85,86)(H,87,88)/b24-20-,25-21-,34-32-,37-36-. The van der Waals surface area contributed by atoms with Crippen molar-refractivity contribution in [2.45, 2.75) is 393 Å². The van der Waals surface area contributed by atoms with Gasteiger partial charge in [0.25, 0.3) is 0 Å². The summed E-state index contributed by atoms with van der Waals surface area (Å²) in [6.45, 7) is 4.86. The van der Waals surface area contributed by atoms with Crippen LogP contribution in [0.15, 0.2) is 48.6 Å². The molecule has 0 rings (SSSR count). The van der Waals surface area contributed by atoms with E-state index in [1.54, 1.807) is 0 Å². The van der Waals surface area contributed by atoms with Crippen LogP contribution in [0, 0.1) is 0 Å². The third-order valence-corrected chi connectivity index (χ3v) is 19.2. The van der Waals surface area contributed by atoms with Gasteiger partial charge in [-0.25, -0.2) is 9.13 Å². The molecule has 98 heavy (non-hydrogen) atoms. The molecule has 0 radical (unpaired) electrons. The molecular weight excluding hydrogens is 1280 g/mol. The van der Waals surface area contributed by atoms with E-state index in [9.17, 15) is 43.2 Å². The Hall–Kier alpha value is -2.98. The molecule has 0 heterocycles. The zero-order valence-electron chi connectivity index (χ0n) is 62.7. The van der Waals surface area contributed by atoms with Crippen molar-refractivity contribution < 1.29 is 80.2 Å². The van der Waals surface area contributed by atoms with Gasteiger partial charge in [0.2, 0.25) is 0 Å². The van der Waals surface area contributed by atoms with Crippen molar-refractivity contribution in [3.63, 3.8) is 0 Å². The van der Waals surface area contributed by atoms with Gasteiger partial charge in [0.15, 0.2) is 12.2 Å². The second-order valence-corrected chi connectivity index (χ2v) is 29.9. The maximum atomic E-state index is 13.1. The summed E-state index contributed by atoms with van der Waals surface area (Å²) >= 11 is 0. The van der Waals surface area contributed by atoms with Crippen molar-refractivity contribution in [3.05, 3.63) is 48.6 Å². The molecule has 5 unspecified atom stereocenters. The summed E-state index contributed by atoms with van der Waals surface area (Å²) in [4.78, 5) is 72.9. The Labute approximate surface area is 597 Å². The summed E-state index contributed by atoms with van der Waals surface area (Å²) in [5.74, 6) is -2.16. The van der Waals surface area contributed by atoms with E-state index in [0.717, 1.165) is 141 Å². The molecule has 0 saturated heterocycles. The minimum Gasteiger partial charge on any atom is -0.462 e. The van der Waals surface area contributed by atoms with Crippen LogP contribution in [0.5, 0.6) is 0 Å². The minimum absolute atomic E-state index is 0.0910. The molecule has 574 valence electrons. The lowest BCUT2D eigenvalue weighted by molar-refractivity contribution is -0.161. The normalized spacial score (nSPS) is 14.2. The number of phosphoric ester groups is 2. The van der Waals surface area contributed by atoms with E-state index in [1.165, 1.54) is 154 Å². The summed E-state index contributed by atoms with van der Waals surface area (Å²) in [5, 5.41) is 10.6. The Bertz CT molecular complexity index is 2050. The van der Waals surface area contributed by atoms with Gasteiger partial charge >= 0.3 is 39.5 Å². The van der Waals surface area contributed by atoms with Gasteiger partial charge in [0.1, 0.15) is 19.3 Å². The summed E-state index contributed by atoms with van der Waals surface area (Å²) in [5.41, 5.74) is 0. The molecular formula is C79H146O17P2. The molecule has 0 spiro atoms. The zero-order chi connectivity index (χ0) is 71.8. The lowest BCUT2D eigenvalue weighted by Gasteiger charge is -2.21. The van der Waals surface area contributed by atoms with Crippen molar-refractivity contribution in [2.75, 3.05) is 39.6 Å². The molecule has 0 aliphatic carbocycles. The quantitative estimate of drug-likeness (QED) is 0.0169. The highest BCUT2D eigenvalue weighted by Gasteiger charge is 2.30. The maximum Gasteiger partial charge on any atom is 0.472 e. The van der Waals surface area contributed by atoms with Gasteiger partial charge in [0, 0.05) is 25.7 Å². The van der Waals surface area contributed by atoms with Gasteiger partial charge in [-0.1, -0.05) is 314 Å². The van der Waals surface area contributed by atoms with Crippen molar-refractivity contribution in [2.24, 2.45) is 0 Å². The number of phosphoric acid groups is 2. The number of aliphatic hydroxyl groups excluding tert-OH is 1. The Morgan fingerprint density at radius 1 is 0.286 bits per heavy atom. The summed E-state index contributed by atoms with van der Waals surface area (Å²) < 4.78 is 68.5. The monoisotopic (exact) mass is 1430 g/mol. The highest BCUT2D eigenvalue weighted by molar-refractivity contribution is 7.47. The molecule has 0 aliphatic heterocycles. The maximum absolute atomic E-state index is 13.1. The SMILES string of the molecule is CCCC/C=C\CCCCCCCC(=O)OC(COC(=O)CCCCCCCCCCCCCCCCC)COP(=O)(O)OCC(O)COP(=O)(O)OCC(COC(=O)CCCCCCCC/C=C\C/C=C\C/C=C\CCCCC)OC(=O)CCCCCCCCCCCCCCC. The van der Waals surface area contributed by atoms with Crippen LogP contribution < -0.4 is 0 Å². The number of carbonyl (C=O) groups excluding carboxylic acids is 4. The number of rotatable bonds is 76. The Kier molecular flexibility index (Phi) is 70.2. The number of unbranched alkanes of at least 4 members (excludes halogenated alkanes) is 42. The largest absolute Gasteiger partial charge is 0.472 e.